The molecule has 0 saturated carbocycles. The van der Waals surface area contributed by atoms with Crippen molar-refractivity contribution < 1.29 is 0 Å². The van der Waals surface area contributed by atoms with Crippen LogP contribution in [-0.2, 0) is 0 Å². The number of aliphatic imine (C=N–C) groups is 3. The maximum atomic E-state index is 8.63. The fourth-order valence-electron chi connectivity index (χ4n) is 8.01. The van der Waals surface area contributed by atoms with Gasteiger partial charge in [0.2, 0.25) is 0 Å². The average Bonchev–Trinajstić information content (AvgIpc) is 3.33. The van der Waals surface area contributed by atoms with E-state index in [-0.39, 0.29) is 12.1 Å². The number of unbranched alkanes of at least 4 members (excludes halogenated alkanes) is 1. The van der Waals surface area contributed by atoms with Gasteiger partial charge in [-0.1, -0.05) is 80.5 Å². The molecule has 3 aliphatic heterocycles. The van der Waals surface area contributed by atoms with Crippen LogP contribution >= 0.6 is 0 Å². The van der Waals surface area contributed by atoms with E-state index < -0.39 is 0 Å². The van der Waals surface area contributed by atoms with Crippen LogP contribution in [0.3, 0.4) is 0 Å². The zero-order valence-corrected chi connectivity index (χ0v) is 29.4. The lowest BCUT2D eigenvalue weighted by atomic mass is 9.79. The van der Waals surface area contributed by atoms with Crippen molar-refractivity contribution in [3.63, 3.8) is 0 Å². The zero-order chi connectivity index (χ0) is 33.3. The number of fused-ring (bicyclic) bond motifs is 2. The smallest absolute Gasteiger partial charge is 0.0754 e. The second-order valence-electron chi connectivity index (χ2n) is 14.4. The lowest BCUT2D eigenvalue weighted by Gasteiger charge is -2.27. The molecule has 0 amide bonds. The molecule has 2 bridgehead atoms. The molecular weight excluding hydrogens is 585 g/mol. The van der Waals surface area contributed by atoms with E-state index in [2.05, 4.69) is 99.9 Å². The highest BCUT2D eigenvalue weighted by atomic mass is 14.9. The summed E-state index contributed by atoms with van der Waals surface area (Å²) in [6, 6.07) is 0.395. The first-order valence-corrected chi connectivity index (χ1v) is 18.6. The molecule has 3 aliphatic carbocycles. The van der Waals surface area contributed by atoms with E-state index in [1.807, 2.05) is 12.3 Å². The van der Waals surface area contributed by atoms with Crippen molar-refractivity contribution in [1.29, 1.82) is 5.41 Å². The standard InChI is InChI=1S/C44H54N4/c1-4-5-13-31(2)34-15-8-9-23-46-30-40-26-33(24-34)25-38(29-47-40)35-16-11-17-36(27-35)43-22-12-19-39(48-43)28-37-18-10-14-32(3)44(37)41-20-6-7-21-42(41)45/h7-10,12-13,16,18-19,21,23-24,27-29,32-33,38,40,43,45H,4-6,11,14-15,17,20,22,25-26,30H2,1-3H3/b9-8-,31-13+,34-24+,37-28+,44-41-,45-42?,46-23?/t32-,33?,38-,40?,43-/m0/s1. The van der Waals surface area contributed by atoms with Crippen LogP contribution in [0.15, 0.2) is 133 Å². The molecule has 3 heterocycles. The predicted octanol–water partition coefficient (Wildman–Crippen LogP) is 10.8. The largest absolute Gasteiger partial charge is 0.301 e. The molecule has 4 nitrogen and oxygen atoms in total. The first-order chi connectivity index (χ1) is 23.5. The lowest BCUT2D eigenvalue weighted by Crippen LogP contribution is -2.18. The fourth-order valence-corrected chi connectivity index (χ4v) is 8.01. The van der Waals surface area contributed by atoms with Crippen LogP contribution in [0, 0.1) is 23.2 Å². The number of rotatable bonds is 6. The summed E-state index contributed by atoms with van der Waals surface area (Å²) < 4.78 is 0. The minimum Gasteiger partial charge on any atom is -0.301 e. The van der Waals surface area contributed by atoms with Crippen molar-refractivity contribution >= 4 is 23.9 Å². The Morgan fingerprint density at radius 3 is 2.79 bits per heavy atom. The van der Waals surface area contributed by atoms with Gasteiger partial charge < -0.3 is 5.41 Å². The Bertz CT molecular complexity index is 1640. The molecule has 6 rings (SSSR count). The number of dihydropyridines is 1. The molecular formula is C44H54N4. The molecule has 1 N–H and O–H groups in total. The second-order valence-corrected chi connectivity index (χ2v) is 14.4. The minimum absolute atomic E-state index is 0.172. The highest BCUT2D eigenvalue weighted by Crippen LogP contribution is 2.37. The summed E-state index contributed by atoms with van der Waals surface area (Å²) in [5.74, 6) is 1.19. The maximum absolute atomic E-state index is 8.63. The Hall–Kier alpha value is -3.92. The van der Waals surface area contributed by atoms with Crippen molar-refractivity contribution in [1.82, 2.24) is 0 Å². The normalized spacial score (nSPS) is 33.7. The van der Waals surface area contributed by atoms with Gasteiger partial charge in [0.25, 0.3) is 0 Å². The van der Waals surface area contributed by atoms with E-state index in [1.54, 1.807) is 0 Å². The molecule has 0 aromatic carbocycles. The first-order valence-electron chi connectivity index (χ1n) is 18.6. The molecule has 0 aromatic rings. The molecule has 0 aromatic heterocycles. The van der Waals surface area contributed by atoms with Gasteiger partial charge in [-0.05, 0) is 141 Å². The van der Waals surface area contributed by atoms with Crippen LogP contribution < -0.4 is 0 Å². The summed E-state index contributed by atoms with van der Waals surface area (Å²) in [5, 5.41) is 8.63. The van der Waals surface area contributed by atoms with E-state index in [0.717, 1.165) is 76.5 Å². The van der Waals surface area contributed by atoms with Crippen molar-refractivity contribution in [3.8, 4) is 0 Å². The summed E-state index contributed by atoms with van der Waals surface area (Å²) in [6.07, 6.45) is 45.4. The van der Waals surface area contributed by atoms with Gasteiger partial charge in [-0.15, -0.1) is 0 Å². The van der Waals surface area contributed by atoms with E-state index in [4.69, 9.17) is 20.4 Å². The average molecular weight is 639 g/mol. The number of hydrogen-bond donors (Lipinski definition) is 1. The summed E-state index contributed by atoms with van der Waals surface area (Å²) in [7, 11) is 0. The molecule has 4 heteroatoms. The van der Waals surface area contributed by atoms with Gasteiger partial charge in [0.1, 0.15) is 0 Å². The number of nitrogens with zero attached hydrogens (tertiary/aromatic N) is 3. The third-order valence-corrected chi connectivity index (χ3v) is 10.6. The van der Waals surface area contributed by atoms with Crippen molar-refractivity contribution in [2.24, 2.45) is 32.7 Å². The van der Waals surface area contributed by atoms with Gasteiger partial charge in [-0.2, -0.15) is 0 Å². The Kier molecular flexibility index (Phi) is 11.6. The molecule has 250 valence electrons. The Labute approximate surface area is 289 Å². The fraction of sp³-hybridized carbons (Fsp3) is 0.455. The van der Waals surface area contributed by atoms with Crippen LogP contribution in [-0.4, -0.2) is 42.5 Å². The Morgan fingerprint density at radius 2 is 1.92 bits per heavy atom. The van der Waals surface area contributed by atoms with E-state index in [0.29, 0.717) is 23.5 Å². The zero-order valence-electron chi connectivity index (χ0n) is 29.4. The van der Waals surface area contributed by atoms with Crippen molar-refractivity contribution in [3.05, 3.63) is 118 Å². The molecule has 48 heavy (non-hydrogen) atoms. The number of nitrogens with one attached hydrogen (secondary N) is 1. The summed E-state index contributed by atoms with van der Waals surface area (Å²) in [5.41, 5.74) is 11.2. The highest BCUT2D eigenvalue weighted by Gasteiger charge is 2.27. The molecule has 5 atom stereocenters. The van der Waals surface area contributed by atoms with Crippen LogP contribution in [0.4, 0.5) is 0 Å². The van der Waals surface area contributed by atoms with Crippen molar-refractivity contribution in [2.45, 2.75) is 103 Å². The predicted molar refractivity (Wildman–Crippen MR) is 207 cm³/mol. The van der Waals surface area contributed by atoms with Gasteiger partial charge in [-0.3, -0.25) is 15.0 Å². The summed E-state index contributed by atoms with van der Waals surface area (Å²) in [4.78, 5) is 15.2. The number of hydrogen-bond acceptors (Lipinski definition) is 4. The topological polar surface area (TPSA) is 60.9 Å². The van der Waals surface area contributed by atoms with Crippen LogP contribution in [0.5, 0.6) is 0 Å². The van der Waals surface area contributed by atoms with Crippen LogP contribution in [0.2, 0.25) is 0 Å². The van der Waals surface area contributed by atoms with E-state index >= 15 is 0 Å². The molecule has 0 radical (unpaired) electrons. The van der Waals surface area contributed by atoms with Crippen molar-refractivity contribution in [2.75, 3.05) is 6.54 Å². The maximum Gasteiger partial charge on any atom is 0.0754 e. The molecule has 0 saturated heterocycles. The third kappa shape index (κ3) is 8.56. The quantitative estimate of drug-likeness (QED) is 0.301. The van der Waals surface area contributed by atoms with E-state index in [9.17, 15) is 0 Å². The first kappa shape index (κ1) is 34.0. The minimum atomic E-state index is 0.172. The van der Waals surface area contributed by atoms with Gasteiger partial charge >= 0.3 is 0 Å². The SMILES string of the molecule is CCC/C=C(C)/C1=C/C2CC(CN=C/C=C\C1)N=C[C@@H](C1=CCCC([C@@H]3CC=CC(/C=C4\C=CC[C@H](C)\C4=C4/CCC=CC4=N)=N3)=C1)C2. The Morgan fingerprint density at radius 1 is 1.02 bits per heavy atom. The van der Waals surface area contributed by atoms with Crippen LogP contribution in [0.25, 0.3) is 0 Å². The summed E-state index contributed by atoms with van der Waals surface area (Å²) in [6.45, 7) is 7.59. The highest BCUT2D eigenvalue weighted by molar-refractivity contribution is 6.09. The molecule has 6 aliphatic rings. The van der Waals surface area contributed by atoms with Crippen LogP contribution in [0.1, 0.15) is 91.4 Å². The molecule has 0 fully saturated rings. The van der Waals surface area contributed by atoms with Gasteiger partial charge in [0, 0.05) is 18.3 Å². The molecule has 0 spiro atoms. The van der Waals surface area contributed by atoms with Gasteiger partial charge in [0.15, 0.2) is 0 Å². The second kappa shape index (κ2) is 16.5. The molecule has 2 unspecified atom stereocenters. The van der Waals surface area contributed by atoms with E-state index in [1.165, 1.54) is 45.4 Å². The van der Waals surface area contributed by atoms with Gasteiger partial charge in [-0.25, -0.2) is 0 Å². The third-order valence-electron chi connectivity index (χ3n) is 10.6. The lowest BCUT2D eigenvalue weighted by molar-refractivity contribution is 0.478. The monoisotopic (exact) mass is 638 g/mol. The number of allylic oxidation sites excluding steroid dienone is 18. The Balaban J connectivity index is 1.25. The van der Waals surface area contributed by atoms with Gasteiger partial charge in [0.05, 0.1) is 30.1 Å². The summed E-state index contributed by atoms with van der Waals surface area (Å²) >= 11 is 0.